The first-order chi connectivity index (χ1) is 10.4. The number of nitrogens with one attached hydrogen (secondary N) is 2. The Kier molecular flexibility index (Phi) is 5.08. The predicted octanol–water partition coefficient (Wildman–Crippen LogP) is 3.20. The number of para-hydroxylation sites is 1. The number of hydrogen-bond acceptors (Lipinski definition) is 3. The summed E-state index contributed by atoms with van der Waals surface area (Å²) in [6.07, 6.45) is 0.645. The molecule has 0 bridgehead atoms. The van der Waals surface area contributed by atoms with Gasteiger partial charge >= 0.3 is 6.03 Å². The van der Waals surface area contributed by atoms with Gasteiger partial charge in [-0.1, -0.05) is 32.0 Å². The second-order valence-corrected chi connectivity index (χ2v) is 6.37. The molecule has 1 aromatic carbocycles. The van der Waals surface area contributed by atoms with Crippen molar-refractivity contribution in [2.75, 3.05) is 13.2 Å². The molecule has 3 N–H and O–H groups in total. The molecule has 2 rings (SSSR count). The summed E-state index contributed by atoms with van der Waals surface area (Å²) in [5, 5.41) is 15.7. The standard InChI is InChI=1S/C17H24N2O3/c1-12(15-10-13-6-4-5-7-14(13)22-15)19-16(21)18-11-17(2,3)8-9-20/h4-7,10,12,20H,8-9,11H2,1-3H3,(H2,18,19,21). The molecule has 5 nitrogen and oxygen atoms in total. The predicted molar refractivity (Wildman–Crippen MR) is 86.6 cm³/mol. The van der Waals surface area contributed by atoms with Crippen LogP contribution in [0.15, 0.2) is 34.7 Å². The van der Waals surface area contributed by atoms with Crippen LogP contribution in [0.3, 0.4) is 0 Å². The van der Waals surface area contributed by atoms with Crippen LogP contribution in [0.1, 0.15) is 39.0 Å². The number of fused-ring (bicyclic) bond motifs is 1. The molecule has 0 saturated heterocycles. The SMILES string of the molecule is CC(NC(=O)NCC(C)(C)CCO)c1cc2ccccc2o1. The van der Waals surface area contributed by atoms with Crippen LogP contribution in [0.25, 0.3) is 11.0 Å². The molecule has 0 radical (unpaired) electrons. The molecule has 1 aromatic heterocycles. The summed E-state index contributed by atoms with van der Waals surface area (Å²) in [5.74, 6) is 0.728. The molecule has 0 aliphatic carbocycles. The Morgan fingerprint density at radius 3 is 2.77 bits per heavy atom. The van der Waals surface area contributed by atoms with E-state index in [-0.39, 0.29) is 24.1 Å². The van der Waals surface area contributed by atoms with Crippen LogP contribution in [0.5, 0.6) is 0 Å². The quantitative estimate of drug-likeness (QED) is 0.767. The number of aliphatic hydroxyl groups excluding tert-OH is 1. The maximum Gasteiger partial charge on any atom is 0.315 e. The number of carbonyl (C=O) groups is 1. The van der Waals surface area contributed by atoms with Gasteiger partial charge in [0.15, 0.2) is 0 Å². The topological polar surface area (TPSA) is 74.5 Å². The third kappa shape index (κ3) is 4.24. The Hall–Kier alpha value is -2.01. The number of amides is 2. The molecule has 2 aromatic rings. The summed E-state index contributed by atoms with van der Waals surface area (Å²) < 4.78 is 5.74. The van der Waals surface area contributed by atoms with Crippen molar-refractivity contribution in [3.05, 3.63) is 36.1 Å². The van der Waals surface area contributed by atoms with Crippen LogP contribution in [0.2, 0.25) is 0 Å². The zero-order valence-electron chi connectivity index (χ0n) is 13.3. The number of urea groups is 1. The zero-order valence-corrected chi connectivity index (χ0v) is 13.3. The second kappa shape index (κ2) is 6.83. The van der Waals surface area contributed by atoms with E-state index in [0.29, 0.717) is 13.0 Å². The highest BCUT2D eigenvalue weighted by Crippen LogP contribution is 2.23. The Labute approximate surface area is 130 Å². The highest BCUT2D eigenvalue weighted by atomic mass is 16.3. The van der Waals surface area contributed by atoms with Gasteiger partial charge in [-0.3, -0.25) is 0 Å². The van der Waals surface area contributed by atoms with Crippen LogP contribution in [0.4, 0.5) is 4.79 Å². The summed E-state index contributed by atoms with van der Waals surface area (Å²) in [4.78, 5) is 12.0. The van der Waals surface area contributed by atoms with Crippen molar-refractivity contribution in [2.24, 2.45) is 5.41 Å². The first-order valence-electron chi connectivity index (χ1n) is 7.55. The fourth-order valence-corrected chi connectivity index (χ4v) is 2.25. The Balaban J connectivity index is 1.91. The molecule has 1 unspecified atom stereocenters. The van der Waals surface area contributed by atoms with E-state index in [4.69, 9.17) is 9.52 Å². The summed E-state index contributed by atoms with van der Waals surface area (Å²) in [5.41, 5.74) is 0.685. The molecule has 2 amide bonds. The average molecular weight is 304 g/mol. The molecule has 22 heavy (non-hydrogen) atoms. The molecule has 0 fully saturated rings. The Bertz CT molecular complexity index is 601. The maximum absolute atomic E-state index is 12.0. The van der Waals surface area contributed by atoms with E-state index >= 15 is 0 Å². The van der Waals surface area contributed by atoms with E-state index < -0.39 is 0 Å². The molecular weight excluding hydrogens is 280 g/mol. The second-order valence-electron chi connectivity index (χ2n) is 6.37. The van der Waals surface area contributed by atoms with Crippen molar-refractivity contribution in [1.82, 2.24) is 10.6 Å². The Morgan fingerprint density at radius 2 is 2.09 bits per heavy atom. The molecule has 5 heteroatoms. The van der Waals surface area contributed by atoms with Crippen LogP contribution in [0, 0.1) is 5.41 Å². The van der Waals surface area contributed by atoms with Gasteiger partial charge in [-0.2, -0.15) is 0 Å². The molecule has 0 saturated carbocycles. The van der Waals surface area contributed by atoms with Gasteiger partial charge in [0.1, 0.15) is 11.3 Å². The summed E-state index contributed by atoms with van der Waals surface area (Å²) in [7, 11) is 0. The Morgan fingerprint density at radius 1 is 1.36 bits per heavy atom. The normalized spacial score (nSPS) is 13.1. The van der Waals surface area contributed by atoms with E-state index in [1.807, 2.05) is 51.1 Å². The maximum atomic E-state index is 12.0. The molecule has 0 spiro atoms. The number of benzene rings is 1. The van der Waals surface area contributed by atoms with Crippen molar-refractivity contribution in [2.45, 2.75) is 33.2 Å². The minimum atomic E-state index is -0.237. The third-order valence-corrected chi connectivity index (χ3v) is 3.74. The monoisotopic (exact) mass is 304 g/mol. The molecule has 120 valence electrons. The number of carbonyl (C=O) groups excluding carboxylic acids is 1. The molecule has 1 atom stereocenters. The van der Waals surface area contributed by atoms with E-state index in [1.165, 1.54) is 0 Å². The van der Waals surface area contributed by atoms with Crippen LogP contribution < -0.4 is 10.6 Å². The first-order valence-corrected chi connectivity index (χ1v) is 7.55. The van der Waals surface area contributed by atoms with Gasteiger partial charge < -0.3 is 20.2 Å². The smallest absolute Gasteiger partial charge is 0.315 e. The number of rotatable bonds is 6. The van der Waals surface area contributed by atoms with Crippen molar-refractivity contribution in [1.29, 1.82) is 0 Å². The zero-order chi connectivity index (χ0) is 16.2. The highest BCUT2D eigenvalue weighted by molar-refractivity contribution is 5.78. The van der Waals surface area contributed by atoms with E-state index in [9.17, 15) is 4.79 Å². The summed E-state index contributed by atoms with van der Waals surface area (Å²) in [6, 6.07) is 9.25. The first kappa shape index (κ1) is 16.4. The van der Waals surface area contributed by atoms with Gasteiger partial charge in [-0.25, -0.2) is 4.79 Å². The lowest BCUT2D eigenvalue weighted by molar-refractivity contribution is 0.200. The van der Waals surface area contributed by atoms with Crippen LogP contribution >= 0.6 is 0 Å². The molecule has 0 aliphatic rings. The van der Waals surface area contributed by atoms with Gasteiger partial charge in [0, 0.05) is 18.5 Å². The lowest BCUT2D eigenvalue weighted by atomic mass is 9.90. The lowest BCUT2D eigenvalue weighted by Crippen LogP contribution is -2.41. The van der Waals surface area contributed by atoms with Crippen LogP contribution in [-0.4, -0.2) is 24.3 Å². The number of hydrogen-bond donors (Lipinski definition) is 3. The van der Waals surface area contributed by atoms with Gasteiger partial charge in [-0.05, 0) is 30.9 Å². The third-order valence-electron chi connectivity index (χ3n) is 3.74. The van der Waals surface area contributed by atoms with Crippen molar-refractivity contribution in [3.8, 4) is 0 Å². The molecule has 1 heterocycles. The van der Waals surface area contributed by atoms with E-state index in [0.717, 1.165) is 16.7 Å². The fraction of sp³-hybridized carbons (Fsp3) is 0.471. The molecule has 0 aliphatic heterocycles. The minimum absolute atomic E-state index is 0.117. The van der Waals surface area contributed by atoms with Gasteiger partial charge in [-0.15, -0.1) is 0 Å². The van der Waals surface area contributed by atoms with Crippen molar-refractivity contribution >= 4 is 17.0 Å². The van der Waals surface area contributed by atoms with Crippen molar-refractivity contribution in [3.63, 3.8) is 0 Å². The largest absolute Gasteiger partial charge is 0.459 e. The highest BCUT2D eigenvalue weighted by Gasteiger charge is 2.19. The number of furan rings is 1. The van der Waals surface area contributed by atoms with Gasteiger partial charge in [0.2, 0.25) is 0 Å². The van der Waals surface area contributed by atoms with Gasteiger partial charge in [0.05, 0.1) is 6.04 Å². The van der Waals surface area contributed by atoms with Gasteiger partial charge in [0.25, 0.3) is 0 Å². The van der Waals surface area contributed by atoms with Crippen molar-refractivity contribution < 1.29 is 14.3 Å². The average Bonchev–Trinajstić information content (AvgIpc) is 2.89. The molecular formula is C17H24N2O3. The summed E-state index contributed by atoms with van der Waals surface area (Å²) >= 11 is 0. The fourth-order valence-electron chi connectivity index (χ4n) is 2.25. The number of aliphatic hydroxyl groups is 1. The van der Waals surface area contributed by atoms with E-state index in [2.05, 4.69) is 10.6 Å². The minimum Gasteiger partial charge on any atom is -0.459 e. The van der Waals surface area contributed by atoms with E-state index in [1.54, 1.807) is 0 Å². The van der Waals surface area contributed by atoms with Crippen LogP contribution in [-0.2, 0) is 0 Å². The lowest BCUT2D eigenvalue weighted by Gasteiger charge is -2.24. The summed E-state index contributed by atoms with van der Waals surface area (Å²) in [6.45, 7) is 6.52.